The molecule has 0 amide bonds. The van der Waals surface area contributed by atoms with E-state index in [4.69, 9.17) is 0 Å². The number of aromatic nitrogens is 1. The summed E-state index contributed by atoms with van der Waals surface area (Å²) >= 11 is 0. The Balaban J connectivity index is 1.66. The van der Waals surface area contributed by atoms with Crippen LogP contribution in [0.4, 0.5) is 11.5 Å². The molecule has 1 aromatic heterocycles. The van der Waals surface area contributed by atoms with Gasteiger partial charge in [-0.25, -0.2) is 4.98 Å². The van der Waals surface area contributed by atoms with Crippen LogP contribution in [0.2, 0.25) is 0 Å². The normalized spacial score (nSPS) is 16.1. The predicted molar refractivity (Wildman–Crippen MR) is 73.5 cm³/mol. The van der Waals surface area contributed by atoms with Gasteiger partial charge in [-0.05, 0) is 24.8 Å². The summed E-state index contributed by atoms with van der Waals surface area (Å²) in [6, 6.07) is 4.08. The summed E-state index contributed by atoms with van der Waals surface area (Å²) < 4.78 is 0. The molecule has 0 unspecified atom stereocenters. The van der Waals surface area contributed by atoms with E-state index >= 15 is 0 Å². The van der Waals surface area contributed by atoms with Crippen LogP contribution in [0.25, 0.3) is 0 Å². The largest absolute Gasteiger partial charge is 0.385 e. The van der Waals surface area contributed by atoms with E-state index in [2.05, 4.69) is 21.7 Å². The molecular formula is C14H23N3. The van der Waals surface area contributed by atoms with Crippen LogP contribution in [0.1, 0.15) is 38.5 Å². The molecule has 1 aromatic rings. The first-order valence-corrected chi connectivity index (χ1v) is 6.76. The Bertz CT molecular complexity index is 332. The van der Waals surface area contributed by atoms with Crippen molar-refractivity contribution in [1.82, 2.24) is 4.98 Å². The van der Waals surface area contributed by atoms with Crippen molar-refractivity contribution in [2.45, 2.75) is 38.5 Å². The number of pyridine rings is 1. The maximum absolute atomic E-state index is 4.20. The van der Waals surface area contributed by atoms with E-state index in [1.165, 1.54) is 38.5 Å². The molecule has 3 heteroatoms. The molecule has 1 fully saturated rings. The number of rotatable bonds is 6. The van der Waals surface area contributed by atoms with Gasteiger partial charge in [0, 0.05) is 31.5 Å². The molecule has 0 aliphatic heterocycles. The summed E-state index contributed by atoms with van der Waals surface area (Å²) in [6.07, 6.45) is 10.3. The lowest BCUT2D eigenvalue weighted by molar-refractivity contribution is 0.491. The first-order valence-electron chi connectivity index (χ1n) is 6.76. The summed E-state index contributed by atoms with van der Waals surface area (Å²) in [6.45, 7) is 1.07. The van der Waals surface area contributed by atoms with Crippen LogP contribution in [-0.2, 0) is 0 Å². The quantitative estimate of drug-likeness (QED) is 0.738. The number of hydrogen-bond donors (Lipinski definition) is 2. The fourth-order valence-electron chi connectivity index (χ4n) is 2.60. The molecule has 0 radical (unpaired) electrons. The highest BCUT2D eigenvalue weighted by Crippen LogP contribution is 2.28. The summed E-state index contributed by atoms with van der Waals surface area (Å²) in [5, 5.41) is 6.51. The third kappa shape index (κ3) is 3.91. The standard InChI is InChI=1S/C14H23N3/c1-15-14-11-13(8-10-17-14)16-9-4-7-12-5-2-3-6-12/h8,10-12H,2-7,9H2,1H3,(H2,15,16,17). The second-order valence-electron chi connectivity index (χ2n) is 4.90. The van der Waals surface area contributed by atoms with E-state index in [-0.39, 0.29) is 0 Å². The fraction of sp³-hybridized carbons (Fsp3) is 0.643. The summed E-state index contributed by atoms with van der Waals surface area (Å²) in [4.78, 5) is 4.20. The lowest BCUT2D eigenvalue weighted by atomic mass is 10.0. The van der Waals surface area contributed by atoms with Gasteiger partial charge in [-0.3, -0.25) is 0 Å². The van der Waals surface area contributed by atoms with Crippen LogP contribution in [0, 0.1) is 5.92 Å². The summed E-state index contributed by atoms with van der Waals surface area (Å²) in [7, 11) is 1.90. The van der Waals surface area contributed by atoms with Crippen molar-refractivity contribution in [1.29, 1.82) is 0 Å². The molecule has 1 aliphatic rings. The maximum atomic E-state index is 4.20. The van der Waals surface area contributed by atoms with E-state index in [0.717, 1.165) is 24.0 Å². The topological polar surface area (TPSA) is 37.0 Å². The van der Waals surface area contributed by atoms with Gasteiger partial charge < -0.3 is 10.6 Å². The summed E-state index contributed by atoms with van der Waals surface area (Å²) in [5.41, 5.74) is 1.16. The molecule has 1 heterocycles. The average molecular weight is 233 g/mol. The van der Waals surface area contributed by atoms with Crippen molar-refractivity contribution in [3.8, 4) is 0 Å². The zero-order valence-corrected chi connectivity index (χ0v) is 10.7. The van der Waals surface area contributed by atoms with Crippen LogP contribution in [-0.4, -0.2) is 18.6 Å². The molecule has 17 heavy (non-hydrogen) atoms. The van der Waals surface area contributed by atoms with Crippen molar-refractivity contribution >= 4 is 11.5 Å². The smallest absolute Gasteiger partial charge is 0.127 e. The van der Waals surface area contributed by atoms with Crippen molar-refractivity contribution in [2.75, 3.05) is 24.2 Å². The third-order valence-electron chi connectivity index (χ3n) is 3.61. The van der Waals surface area contributed by atoms with Crippen LogP contribution >= 0.6 is 0 Å². The molecule has 3 nitrogen and oxygen atoms in total. The highest BCUT2D eigenvalue weighted by atomic mass is 15.0. The van der Waals surface area contributed by atoms with E-state index in [1.807, 2.05) is 19.3 Å². The van der Waals surface area contributed by atoms with Gasteiger partial charge in [-0.2, -0.15) is 0 Å². The van der Waals surface area contributed by atoms with Gasteiger partial charge in [0.2, 0.25) is 0 Å². The first kappa shape index (κ1) is 12.2. The average Bonchev–Trinajstić information content (AvgIpc) is 2.88. The van der Waals surface area contributed by atoms with Crippen molar-refractivity contribution in [3.05, 3.63) is 18.3 Å². The molecule has 0 spiro atoms. The second kappa shape index (κ2) is 6.48. The van der Waals surface area contributed by atoms with Gasteiger partial charge in [-0.15, -0.1) is 0 Å². The van der Waals surface area contributed by atoms with E-state index in [0.29, 0.717) is 0 Å². The fourth-order valence-corrected chi connectivity index (χ4v) is 2.60. The number of nitrogens with one attached hydrogen (secondary N) is 2. The number of anilines is 2. The van der Waals surface area contributed by atoms with Gasteiger partial charge in [0.1, 0.15) is 5.82 Å². The van der Waals surface area contributed by atoms with Gasteiger partial charge in [0.05, 0.1) is 0 Å². The van der Waals surface area contributed by atoms with Gasteiger partial charge >= 0.3 is 0 Å². The molecule has 94 valence electrons. The minimum atomic E-state index is 0.922. The first-order chi connectivity index (χ1) is 8.38. The van der Waals surface area contributed by atoms with Gasteiger partial charge in [0.25, 0.3) is 0 Å². The van der Waals surface area contributed by atoms with Crippen molar-refractivity contribution < 1.29 is 0 Å². The number of hydrogen-bond acceptors (Lipinski definition) is 3. The molecular weight excluding hydrogens is 210 g/mol. The lowest BCUT2D eigenvalue weighted by Crippen LogP contribution is -2.04. The number of nitrogens with zero attached hydrogens (tertiary/aromatic N) is 1. The van der Waals surface area contributed by atoms with Crippen LogP contribution in [0.15, 0.2) is 18.3 Å². The Morgan fingerprint density at radius 2 is 2.18 bits per heavy atom. The van der Waals surface area contributed by atoms with Crippen LogP contribution in [0.3, 0.4) is 0 Å². The Labute approximate surface area is 104 Å². The summed E-state index contributed by atoms with van der Waals surface area (Å²) in [5.74, 6) is 1.92. The molecule has 0 aromatic carbocycles. The molecule has 1 saturated carbocycles. The van der Waals surface area contributed by atoms with Crippen molar-refractivity contribution in [3.63, 3.8) is 0 Å². The Hall–Kier alpha value is -1.25. The zero-order valence-electron chi connectivity index (χ0n) is 10.7. The molecule has 2 rings (SSSR count). The van der Waals surface area contributed by atoms with Crippen molar-refractivity contribution in [2.24, 2.45) is 5.92 Å². The predicted octanol–water partition coefficient (Wildman–Crippen LogP) is 3.51. The Morgan fingerprint density at radius 1 is 1.35 bits per heavy atom. The molecule has 0 saturated heterocycles. The highest BCUT2D eigenvalue weighted by Gasteiger charge is 2.13. The lowest BCUT2D eigenvalue weighted by Gasteiger charge is -2.10. The van der Waals surface area contributed by atoms with Gasteiger partial charge in [0.15, 0.2) is 0 Å². The monoisotopic (exact) mass is 233 g/mol. The molecule has 2 N–H and O–H groups in total. The van der Waals surface area contributed by atoms with Crippen LogP contribution in [0.5, 0.6) is 0 Å². The van der Waals surface area contributed by atoms with E-state index < -0.39 is 0 Å². The minimum absolute atomic E-state index is 0.922. The maximum Gasteiger partial charge on any atom is 0.127 e. The zero-order chi connectivity index (χ0) is 11.9. The Kier molecular flexibility index (Phi) is 4.65. The second-order valence-corrected chi connectivity index (χ2v) is 4.90. The molecule has 0 atom stereocenters. The van der Waals surface area contributed by atoms with Gasteiger partial charge in [-0.1, -0.05) is 25.7 Å². The third-order valence-corrected chi connectivity index (χ3v) is 3.61. The SMILES string of the molecule is CNc1cc(NCCCC2CCCC2)ccn1. The highest BCUT2D eigenvalue weighted by molar-refractivity contribution is 5.51. The molecule has 0 bridgehead atoms. The Morgan fingerprint density at radius 3 is 2.94 bits per heavy atom. The van der Waals surface area contributed by atoms with Crippen LogP contribution < -0.4 is 10.6 Å². The minimum Gasteiger partial charge on any atom is -0.385 e. The van der Waals surface area contributed by atoms with E-state index in [9.17, 15) is 0 Å². The molecule has 1 aliphatic carbocycles. The van der Waals surface area contributed by atoms with E-state index in [1.54, 1.807) is 0 Å².